The molecule has 2 fully saturated rings. The Kier molecular flexibility index (Phi) is 1.76. The first-order valence-electron chi connectivity index (χ1n) is 5.33. The van der Waals surface area contributed by atoms with E-state index in [1.165, 1.54) is 38.8 Å². The maximum absolute atomic E-state index is 2.69. The fraction of sp³-hybridized carbons (Fsp3) is 1.00. The van der Waals surface area contributed by atoms with Crippen molar-refractivity contribution < 1.29 is 0 Å². The average molecular weight is 167 g/mol. The normalized spacial score (nSPS) is 28.2. The summed E-state index contributed by atoms with van der Waals surface area (Å²) in [6.45, 7) is 9.80. The highest BCUT2D eigenvalue weighted by Crippen LogP contribution is 2.53. The summed E-state index contributed by atoms with van der Waals surface area (Å²) < 4.78 is 0. The molecule has 1 saturated carbocycles. The molecule has 0 atom stereocenters. The van der Waals surface area contributed by atoms with Crippen molar-refractivity contribution >= 4 is 0 Å². The molecule has 0 unspecified atom stereocenters. The standard InChI is InChI=1S/C11H21N/c1-4-10(2,3)12-8-7-11(9-12)5-6-11/h4-9H2,1-3H3. The molecule has 12 heavy (non-hydrogen) atoms. The summed E-state index contributed by atoms with van der Waals surface area (Å²) in [4.78, 5) is 2.69. The first-order valence-corrected chi connectivity index (χ1v) is 5.33. The molecule has 1 heterocycles. The summed E-state index contributed by atoms with van der Waals surface area (Å²) in [5.41, 5.74) is 1.25. The van der Waals surface area contributed by atoms with Crippen LogP contribution in [0.2, 0.25) is 0 Å². The maximum Gasteiger partial charge on any atom is 0.0150 e. The van der Waals surface area contributed by atoms with Gasteiger partial charge in [-0.1, -0.05) is 6.92 Å². The molecule has 0 radical (unpaired) electrons. The lowest BCUT2D eigenvalue weighted by atomic mass is 10.00. The summed E-state index contributed by atoms with van der Waals surface area (Å²) in [5, 5.41) is 0. The van der Waals surface area contributed by atoms with Gasteiger partial charge in [-0.05, 0) is 51.5 Å². The molecule has 1 aliphatic heterocycles. The Balaban J connectivity index is 1.98. The number of hydrogen-bond acceptors (Lipinski definition) is 1. The van der Waals surface area contributed by atoms with Gasteiger partial charge in [0.25, 0.3) is 0 Å². The highest BCUT2D eigenvalue weighted by molar-refractivity contribution is 5.03. The van der Waals surface area contributed by atoms with Crippen molar-refractivity contribution in [1.82, 2.24) is 4.90 Å². The van der Waals surface area contributed by atoms with E-state index >= 15 is 0 Å². The number of rotatable bonds is 2. The Morgan fingerprint density at radius 2 is 1.92 bits per heavy atom. The van der Waals surface area contributed by atoms with Gasteiger partial charge in [0.2, 0.25) is 0 Å². The number of nitrogens with zero attached hydrogens (tertiary/aromatic N) is 1. The first kappa shape index (κ1) is 8.55. The van der Waals surface area contributed by atoms with Crippen LogP contribution in [0.1, 0.15) is 46.5 Å². The van der Waals surface area contributed by atoms with Gasteiger partial charge in [0.1, 0.15) is 0 Å². The summed E-state index contributed by atoms with van der Waals surface area (Å²) in [5.74, 6) is 0. The Morgan fingerprint density at radius 3 is 2.33 bits per heavy atom. The molecule has 0 aromatic carbocycles. The monoisotopic (exact) mass is 167 g/mol. The lowest BCUT2D eigenvalue weighted by molar-refractivity contribution is 0.142. The van der Waals surface area contributed by atoms with E-state index in [2.05, 4.69) is 25.7 Å². The van der Waals surface area contributed by atoms with Gasteiger partial charge in [-0.25, -0.2) is 0 Å². The fourth-order valence-electron chi connectivity index (χ4n) is 2.26. The lowest BCUT2D eigenvalue weighted by Gasteiger charge is -2.34. The van der Waals surface area contributed by atoms with Gasteiger partial charge >= 0.3 is 0 Å². The van der Waals surface area contributed by atoms with Crippen molar-refractivity contribution in [1.29, 1.82) is 0 Å². The van der Waals surface area contributed by atoms with Crippen LogP contribution >= 0.6 is 0 Å². The van der Waals surface area contributed by atoms with Gasteiger partial charge < -0.3 is 0 Å². The summed E-state index contributed by atoms with van der Waals surface area (Å²) in [6.07, 6.45) is 5.76. The van der Waals surface area contributed by atoms with E-state index < -0.39 is 0 Å². The Bertz CT molecular complexity index is 179. The summed E-state index contributed by atoms with van der Waals surface area (Å²) in [7, 11) is 0. The highest BCUT2D eigenvalue weighted by atomic mass is 15.2. The average Bonchev–Trinajstić information content (AvgIpc) is 2.61. The van der Waals surface area contributed by atoms with Gasteiger partial charge in [0.05, 0.1) is 0 Å². The van der Waals surface area contributed by atoms with Crippen LogP contribution in [0.5, 0.6) is 0 Å². The maximum atomic E-state index is 2.69. The van der Waals surface area contributed by atoms with Gasteiger partial charge in [-0.2, -0.15) is 0 Å². The van der Waals surface area contributed by atoms with Crippen LogP contribution in [0.25, 0.3) is 0 Å². The molecule has 2 rings (SSSR count). The van der Waals surface area contributed by atoms with Crippen LogP contribution in [0.15, 0.2) is 0 Å². The molecule has 0 amide bonds. The van der Waals surface area contributed by atoms with Gasteiger partial charge in [0.15, 0.2) is 0 Å². The predicted molar refractivity (Wildman–Crippen MR) is 52.2 cm³/mol. The summed E-state index contributed by atoms with van der Waals surface area (Å²) >= 11 is 0. The van der Waals surface area contributed by atoms with Crippen LogP contribution in [-0.2, 0) is 0 Å². The Morgan fingerprint density at radius 1 is 1.25 bits per heavy atom. The second-order valence-corrected chi connectivity index (χ2v) is 5.34. The largest absolute Gasteiger partial charge is 0.298 e. The molecule has 2 aliphatic rings. The molecule has 1 spiro atoms. The van der Waals surface area contributed by atoms with E-state index in [1.807, 2.05) is 0 Å². The van der Waals surface area contributed by atoms with E-state index in [9.17, 15) is 0 Å². The molecular weight excluding hydrogens is 146 g/mol. The lowest BCUT2D eigenvalue weighted by Crippen LogP contribution is -2.41. The van der Waals surface area contributed by atoms with Crippen molar-refractivity contribution in [2.75, 3.05) is 13.1 Å². The van der Waals surface area contributed by atoms with Crippen LogP contribution in [-0.4, -0.2) is 23.5 Å². The third-order valence-corrected chi connectivity index (χ3v) is 4.12. The minimum Gasteiger partial charge on any atom is -0.298 e. The predicted octanol–water partition coefficient (Wildman–Crippen LogP) is 2.66. The van der Waals surface area contributed by atoms with Crippen LogP contribution in [0.4, 0.5) is 0 Å². The minimum absolute atomic E-state index is 0.450. The van der Waals surface area contributed by atoms with Gasteiger partial charge in [-0.3, -0.25) is 4.90 Å². The molecule has 0 aromatic heterocycles. The summed E-state index contributed by atoms with van der Waals surface area (Å²) in [6, 6.07) is 0. The minimum atomic E-state index is 0.450. The van der Waals surface area contributed by atoms with E-state index in [1.54, 1.807) is 0 Å². The third-order valence-electron chi connectivity index (χ3n) is 4.12. The van der Waals surface area contributed by atoms with Gasteiger partial charge in [0, 0.05) is 12.1 Å². The SMILES string of the molecule is CCC(C)(C)N1CCC2(CC2)C1. The van der Waals surface area contributed by atoms with Crippen molar-refractivity contribution in [3.63, 3.8) is 0 Å². The quantitative estimate of drug-likeness (QED) is 0.611. The molecule has 1 saturated heterocycles. The second kappa shape index (κ2) is 2.47. The molecule has 0 aromatic rings. The Hall–Kier alpha value is -0.0400. The first-order chi connectivity index (χ1) is 5.58. The third kappa shape index (κ3) is 1.28. The van der Waals surface area contributed by atoms with Crippen molar-refractivity contribution in [2.45, 2.75) is 52.0 Å². The van der Waals surface area contributed by atoms with Crippen LogP contribution in [0, 0.1) is 5.41 Å². The Labute approximate surface area is 76.1 Å². The zero-order valence-corrected chi connectivity index (χ0v) is 8.69. The van der Waals surface area contributed by atoms with Crippen molar-refractivity contribution in [3.05, 3.63) is 0 Å². The highest BCUT2D eigenvalue weighted by Gasteiger charge is 2.49. The van der Waals surface area contributed by atoms with E-state index in [4.69, 9.17) is 0 Å². The topological polar surface area (TPSA) is 3.24 Å². The molecule has 1 aliphatic carbocycles. The smallest absolute Gasteiger partial charge is 0.0150 e. The molecule has 1 nitrogen and oxygen atoms in total. The van der Waals surface area contributed by atoms with Crippen LogP contribution in [0.3, 0.4) is 0 Å². The fourth-order valence-corrected chi connectivity index (χ4v) is 2.26. The number of hydrogen-bond donors (Lipinski definition) is 0. The van der Waals surface area contributed by atoms with E-state index in [0.29, 0.717) is 5.54 Å². The van der Waals surface area contributed by atoms with E-state index in [0.717, 1.165) is 5.41 Å². The van der Waals surface area contributed by atoms with Crippen molar-refractivity contribution in [3.8, 4) is 0 Å². The molecule has 1 heteroatoms. The zero-order chi connectivity index (χ0) is 8.82. The molecule has 70 valence electrons. The molecular formula is C11H21N. The second-order valence-electron chi connectivity index (χ2n) is 5.34. The van der Waals surface area contributed by atoms with Crippen molar-refractivity contribution in [2.24, 2.45) is 5.41 Å². The van der Waals surface area contributed by atoms with Crippen LogP contribution < -0.4 is 0 Å². The molecule has 0 bridgehead atoms. The molecule has 0 N–H and O–H groups in total. The van der Waals surface area contributed by atoms with Gasteiger partial charge in [-0.15, -0.1) is 0 Å². The van der Waals surface area contributed by atoms with E-state index in [-0.39, 0.29) is 0 Å². The number of likely N-dealkylation sites (tertiary alicyclic amines) is 1. The zero-order valence-electron chi connectivity index (χ0n) is 8.69.